The second-order valence-electron chi connectivity index (χ2n) is 5.42. The molecule has 0 atom stereocenters. The van der Waals surface area contributed by atoms with Gasteiger partial charge in [-0.05, 0) is 38.5 Å². The number of carbonyl (C=O) groups is 2. The lowest BCUT2D eigenvalue weighted by Crippen LogP contribution is -2.22. The van der Waals surface area contributed by atoms with Crippen LogP contribution >= 0.6 is 23.4 Å². The number of thioether (sulfide) groups is 1. The smallest absolute Gasteiger partial charge is 0.316 e. The van der Waals surface area contributed by atoms with E-state index >= 15 is 0 Å². The fraction of sp³-hybridized carbons (Fsp3) is 0.353. The molecule has 0 saturated carbocycles. The lowest BCUT2D eigenvalue weighted by molar-refractivity contribution is -0.144. The summed E-state index contributed by atoms with van der Waals surface area (Å²) < 4.78 is 10.0. The number of rotatable bonds is 7. The number of hydrogen-bond donors (Lipinski definition) is 1. The predicted octanol–water partition coefficient (Wildman–Crippen LogP) is 3.67. The molecule has 0 aliphatic heterocycles. The summed E-state index contributed by atoms with van der Waals surface area (Å²) in [4.78, 5) is 23.6. The Bertz CT molecular complexity index is 757. The van der Waals surface area contributed by atoms with E-state index in [9.17, 15) is 9.59 Å². The maximum Gasteiger partial charge on any atom is 0.316 e. The van der Waals surface area contributed by atoms with Gasteiger partial charge in [0.2, 0.25) is 0 Å². The molecule has 0 bridgehead atoms. The highest BCUT2D eigenvalue weighted by molar-refractivity contribution is 7.99. The van der Waals surface area contributed by atoms with E-state index in [2.05, 4.69) is 10.5 Å². The van der Waals surface area contributed by atoms with E-state index in [-0.39, 0.29) is 12.4 Å². The zero-order valence-electron chi connectivity index (χ0n) is 14.2. The Hall–Kier alpha value is -1.99. The molecule has 134 valence electrons. The van der Waals surface area contributed by atoms with Gasteiger partial charge in [-0.1, -0.05) is 22.8 Å². The van der Waals surface area contributed by atoms with Gasteiger partial charge in [0, 0.05) is 22.0 Å². The average molecular weight is 383 g/mol. The fourth-order valence-corrected chi connectivity index (χ4v) is 3.20. The van der Waals surface area contributed by atoms with Crippen LogP contribution in [-0.4, -0.2) is 29.4 Å². The second-order valence-corrected chi connectivity index (χ2v) is 6.81. The summed E-state index contributed by atoms with van der Waals surface area (Å²) in [5.74, 6) is 0.636. The average Bonchev–Trinajstić information content (AvgIpc) is 2.89. The van der Waals surface area contributed by atoms with Crippen molar-refractivity contribution in [2.24, 2.45) is 0 Å². The summed E-state index contributed by atoms with van der Waals surface area (Å²) in [5, 5.41) is 7.09. The SMILES string of the molecule is Cc1noc(C)c1CSCC(=O)OCC(=O)Nc1cccc(Cl)c1C. The van der Waals surface area contributed by atoms with Crippen molar-refractivity contribution >= 4 is 40.9 Å². The topological polar surface area (TPSA) is 81.4 Å². The van der Waals surface area contributed by atoms with Crippen molar-refractivity contribution in [1.82, 2.24) is 5.16 Å². The number of aryl methyl sites for hydroxylation is 2. The summed E-state index contributed by atoms with van der Waals surface area (Å²) in [6.45, 7) is 5.15. The van der Waals surface area contributed by atoms with Crippen LogP contribution in [0.1, 0.15) is 22.6 Å². The number of amides is 1. The highest BCUT2D eigenvalue weighted by Crippen LogP contribution is 2.23. The van der Waals surface area contributed by atoms with E-state index < -0.39 is 11.9 Å². The normalized spacial score (nSPS) is 10.6. The molecule has 0 aliphatic carbocycles. The standard InChI is InChI=1S/C17H19ClN2O4S/c1-10-14(18)5-4-6-15(10)19-16(21)7-23-17(22)9-25-8-13-11(2)20-24-12(13)3/h4-6H,7-9H2,1-3H3,(H,19,21). The third-order valence-corrected chi connectivity index (χ3v) is 4.90. The van der Waals surface area contributed by atoms with E-state index in [1.807, 2.05) is 13.8 Å². The van der Waals surface area contributed by atoms with Crippen molar-refractivity contribution in [2.45, 2.75) is 26.5 Å². The highest BCUT2D eigenvalue weighted by atomic mass is 35.5. The molecule has 2 rings (SSSR count). The first kappa shape index (κ1) is 19.3. The zero-order chi connectivity index (χ0) is 18.4. The third kappa shape index (κ3) is 5.51. The molecule has 1 heterocycles. The molecule has 1 amide bonds. The molecule has 2 aromatic rings. The summed E-state index contributed by atoms with van der Waals surface area (Å²) in [5.41, 5.74) is 3.15. The van der Waals surface area contributed by atoms with Gasteiger partial charge in [0.05, 0.1) is 11.4 Å². The fourth-order valence-electron chi connectivity index (χ4n) is 2.06. The molecule has 6 nitrogen and oxygen atoms in total. The maximum absolute atomic E-state index is 11.9. The van der Waals surface area contributed by atoms with Crippen molar-refractivity contribution in [1.29, 1.82) is 0 Å². The lowest BCUT2D eigenvalue weighted by Gasteiger charge is -2.10. The van der Waals surface area contributed by atoms with Crippen LogP contribution in [0.4, 0.5) is 5.69 Å². The van der Waals surface area contributed by atoms with Gasteiger partial charge in [0.25, 0.3) is 5.91 Å². The molecule has 0 radical (unpaired) electrons. The van der Waals surface area contributed by atoms with Crippen molar-refractivity contribution in [2.75, 3.05) is 17.7 Å². The van der Waals surface area contributed by atoms with Gasteiger partial charge in [0.15, 0.2) is 6.61 Å². The van der Waals surface area contributed by atoms with Crippen LogP contribution < -0.4 is 5.32 Å². The molecule has 0 unspecified atom stereocenters. The number of nitrogens with one attached hydrogen (secondary N) is 1. The molecule has 1 aromatic heterocycles. The number of esters is 1. The Morgan fingerprint density at radius 1 is 1.32 bits per heavy atom. The van der Waals surface area contributed by atoms with Gasteiger partial charge in [-0.3, -0.25) is 9.59 Å². The Morgan fingerprint density at radius 3 is 2.76 bits per heavy atom. The molecular weight excluding hydrogens is 364 g/mol. The number of anilines is 1. The molecule has 1 aromatic carbocycles. The quantitative estimate of drug-likeness (QED) is 0.736. The van der Waals surface area contributed by atoms with Gasteiger partial charge in [0.1, 0.15) is 5.76 Å². The first-order valence-electron chi connectivity index (χ1n) is 7.58. The largest absolute Gasteiger partial charge is 0.455 e. The van der Waals surface area contributed by atoms with Crippen LogP contribution in [-0.2, 0) is 20.1 Å². The number of nitrogens with zero attached hydrogens (tertiary/aromatic N) is 1. The van der Waals surface area contributed by atoms with E-state index in [1.54, 1.807) is 25.1 Å². The van der Waals surface area contributed by atoms with Gasteiger partial charge >= 0.3 is 5.97 Å². The molecule has 0 saturated heterocycles. The first-order valence-corrected chi connectivity index (χ1v) is 9.12. The van der Waals surface area contributed by atoms with E-state index in [4.69, 9.17) is 20.9 Å². The van der Waals surface area contributed by atoms with Crippen LogP contribution in [0.25, 0.3) is 0 Å². The predicted molar refractivity (Wildman–Crippen MR) is 97.9 cm³/mol. The molecular formula is C17H19ClN2O4S. The molecule has 0 fully saturated rings. The summed E-state index contributed by atoms with van der Waals surface area (Å²) >= 11 is 7.38. The Kier molecular flexibility index (Phi) is 6.90. The highest BCUT2D eigenvalue weighted by Gasteiger charge is 2.12. The third-order valence-electron chi connectivity index (χ3n) is 3.55. The summed E-state index contributed by atoms with van der Waals surface area (Å²) in [7, 11) is 0. The van der Waals surface area contributed by atoms with Gasteiger partial charge in [-0.2, -0.15) is 0 Å². The Morgan fingerprint density at radius 2 is 2.08 bits per heavy atom. The minimum atomic E-state index is -0.449. The maximum atomic E-state index is 11.9. The molecule has 0 spiro atoms. The Labute approximate surface area is 155 Å². The van der Waals surface area contributed by atoms with Gasteiger partial charge in [-0.25, -0.2) is 0 Å². The number of halogens is 1. The minimum Gasteiger partial charge on any atom is -0.455 e. The van der Waals surface area contributed by atoms with Crippen molar-refractivity contribution in [3.63, 3.8) is 0 Å². The van der Waals surface area contributed by atoms with E-state index in [0.717, 1.165) is 22.6 Å². The van der Waals surface area contributed by atoms with Crippen LogP contribution in [0.3, 0.4) is 0 Å². The van der Waals surface area contributed by atoms with E-state index in [1.165, 1.54) is 11.8 Å². The number of aromatic nitrogens is 1. The van der Waals surface area contributed by atoms with Gasteiger partial charge < -0.3 is 14.6 Å². The zero-order valence-corrected chi connectivity index (χ0v) is 15.8. The summed E-state index contributed by atoms with van der Waals surface area (Å²) in [6.07, 6.45) is 0. The van der Waals surface area contributed by atoms with Gasteiger partial charge in [-0.15, -0.1) is 11.8 Å². The van der Waals surface area contributed by atoms with Crippen molar-refractivity contribution in [3.05, 3.63) is 45.8 Å². The molecule has 1 N–H and O–H groups in total. The second kappa shape index (κ2) is 8.92. The first-order chi connectivity index (χ1) is 11.9. The number of ether oxygens (including phenoxy) is 1. The molecule has 0 aliphatic rings. The van der Waals surface area contributed by atoms with E-state index in [0.29, 0.717) is 16.5 Å². The van der Waals surface area contributed by atoms with Crippen LogP contribution in [0, 0.1) is 20.8 Å². The lowest BCUT2D eigenvalue weighted by atomic mass is 10.2. The van der Waals surface area contributed by atoms with Crippen molar-refractivity contribution < 1.29 is 18.8 Å². The number of hydrogen-bond acceptors (Lipinski definition) is 6. The van der Waals surface area contributed by atoms with Crippen LogP contribution in [0.15, 0.2) is 22.7 Å². The monoisotopic (exact) mass is 382 g/mol. The van der Waals surface area contributed by atoms with Crippen LogP contribution in [0.2, 0.25) is 5.02 Å². The van der Waals surface area contributed by atoms with Crippen molar-refractivity contribution in [3.8, 4) is 0 Å². The summed E-state index contributed by atoms with van der Waals surface area (Å²) in [6, 6.07) is 5.21. The number of benzene rings is 1. The Balaban J connectivity index is 1.72. The van der Waals surface area contributed by atoms with Crippen LogP contribution in [0.5, 0.6) is 0 Å². The molecule has 25 heavy (non-hydrogen) atoms. The minimum absolute atomic E-state index is 0.146. The number of carbonyl (C=O) groups excluding carboxylic acids is 2. The molecule has 8 heteroatoms.